The maximum atomic E-state index is 12.4. The molecule has 23 heavy (non-hydrogen) atoms. The fraction of sp³-hybridized carbons (Fsp3) is 0.529. The number of amides is 1. The maximum Gasteiger partial charge on any atom is 0.506 e. The van der Waals surface area contributed by atoms with Crippen LogP contribution in [0.25, 0.3) is 0 Å². The van der Waals surface area contributed by atoms with Gasteiger partial charge in [-0.3, -0.25) is 4.79 Å². The molecule has 0 radical (unpaired) electrons. The van der Waals surface area contributed by atoms with Crippen molar-refractivity contribution in [2.75, 3.05) is 5.32 Å². The molecule has 1 aromatic rings. The van der Waals surface area contributed by atoms with Gasteiger partial charge in [0.05, 0.1) is 6.04 Å². The summed E-state index contributed by atoms with van der Waals surface area (Å²) < 4.78 is 4.49. The Bertz CT molecular complexity index is 502. The van der Waals surface area contributed by atoms with Gasteiger partial charge in [0, 0.05) is 11.7 Å². The summed E-state index contributed by atoms with van der Waals surface area (Å²) >= 11 is 0. The van der Waals surface area contributed by atoms with Crippen LogP contribution < -0.4 is 10.6 Å². The Morgan fingerprint density at radius 3 is 2.22 bits per heavy atom. The largest absolute Gasteiger partial charge is 0.506 e. The molecule has 0 spiro atoms. The van der Waals surface area contributed by atoms with Gasteiger partial charge in [0.15, 0.2) is 0 Å². The summed E-state index contributed by atoms with van der Waals surface area (Å²) in [6, 6.07) is 6.91. The topological polar surface area (TPSA) is 87.7 Å². The molecule has 1 rings (SSSR count). The van der Waals surface area contributed by atoms with Crippen LogP contribution in [0.2, 0.25) is 0 Å². The standard InChI is InChI=1S/C17H26N2O4/c1-11(2)9-15(18-12(3)4)16(20)19-14-7-5-13(6-8-14)10-23-17(21)22/h5-8,11-12,15,18H,9-10H2,1-4H3,(H,19,20)(H,21,22). The van der Waals surface area contributed by atoms with Gasteiger partial charge in [0.25, 0.3) is 0 Å². The Balaban J connectivity index is 2.64. The monoisotopic (exact) mass is 322 g/mol. The Morgan fingerprint density at radius 2 is 1.74 bits per heavy atom. The minimum atomic E-state index is -1.31. The first-order chi connectivity index (χ1) is 10.8. The lowest BCUT2D eigenvalue weighted by Crippen LogP contribution is -2.44. The van der Waals surface area contributed by atoms with Crippen molar-refractivity contribution < 1.29 is 19.4 Å². The maximum absolute atomic E-state index is 12.4. The quantitative estimate of drug-likeness (QED) is 0.640. The average Bonchev–Trinajstić information content (AvgIpc) is 2.44. The first-order valence-corrected chi connectivity index (χ1v) is 7.79. The van der Waals surface area contributed by atoms with Crippen LogP contribution in [-0.2, 0) is 16.1 Å². The summed E-state index contributed by atoms with van der Waals surface area (Å²) in [7, 11) is 0. The summed E-state index contributed by atoms with van der Waals surface area (Å²) in [6.45, 7) is 8.18. The number of carbonyl (C=O) groups is 2. The number of nitrogens with one attached hydrogen (secondary N) is 2. The van der Waals surface area contributed by atoms with Crippen molar-refractivity contribution in [1.29, 1.82) is 0 Å². The predicted molar refractivity (Wildman–Crippen MR) is 89.4 cm³/mol. The van der Waals surface area contributed by atoms with Gasteiger partial charge in [0.2, 0.25) is 5.91 Å². The molecule has 6 nitrogen and oxygen atoms in total. The van der Waals surface area contributed by atoms with Crippen LogP contribution >= 0.6 is 0 Å². The lowest BCUT2D eigenvalue weighted by atomic mass is 10.0. The number of hydrogen-bond acceptors (Lipinski definition) is 4. The normalized spacial score (nSPS) is 12.3. The van der Waals surface area contributed by atoms with Gasteiger partial charge in [-0.05, 0) is 30.0 Å². The zero-order valence-corrected chi connectivity index (χ0v) is 14.1. The zero-order valence-electron chi connectivity index (χ0n) is 14.1. The van der Waals surface area contributed by atoms with Crippen LogP contribution in [0.15, 0.2) is 24.3 Å². The second-order valence-corrected chi connectivity index (χ2v) is 6.24. The van der Waals surface area contributed by atoms with Crippen molar-refractivity contribution in [3.63, 3.8) is 0 Å². The van der Waals surface area contributed by atoms with Crippen LogP contribution in [0.3, 0.4) is 0 Å². The molecule has 3 N–H and O–H groups in total. The van der Waals surface area contributed by atoms with Gasteiger partial charge in [-0.2, -0.15) is 0 Å². The molecule has 128 valence electrons. The third-order valence-electron chi connectivity index (χ3n) is 3.14. The van der Waals surface area contributed by atoms with Crippen LogP contribution in [0, 0.1) is 5.92 Å². The van der Waals surface area contributed by atoms with Crippen LogP contribution in [0.1, 0.15) is 39.7 Å². The molecule has 1 amide bonds. The van der Waals surface area contributed by atoms with E-state index in [0.29, 0.717) is 11.6 Å². The number of hydrogen-bond donors (Lipinski definition) is 3. The van der Waals surface area contributed by atoms with Gasteiger partial charge < -0.3 is 20.5 Å². The fourth-order valence-corrected chi connectivity index (χ4v) is 2.18. The highest BCUT2D eigenvalue weighted by atomic mass is 16.7. The van der Waals surface area contributed by atoms with Gasteiger partial charge >= 0.3 is 6.16 Å². The third-order valence-corrected chi connectivity index (χ3v) is 3.14. The summed E-state index contributed by atoms with van der Waals surface area (Å²) in [5.41, 5.74) is 1.40. The number of anilines is 1. The Labute approximate surface area is 137 Å². The van der Waals surface area contributed by atoms with E-state index in [2.05, 4.69) is 29.2 Å². The first-order valence-electron chi connectivity index (χ1n) is 7.79. The molecular formula is C17H26N2O4. The summed E-state index contributed by atoms with van der Waals surface area (Å²) in [5.74, 6) is 0.342. The lowest BCUT2D eigenvalue weighted by Gasteiger charge is -2.22. The highest BCUT2D eigenvalue weighted by Gasteiger charge is 2.20. The number of carbonyl (C=O) groups excluding carboxylic acids is 1. The molecule has 0 aliphatic rings. The van der Waals surface area contributed by atoms with Crippen molar-refractivity contribution in [2.24, 2.45) is 5.92 Å². The molecular weight excluding hydrogens is 296 g/mol. The van der Waals surface area contributed by atoms with Crippen molar-refractivity contribution in [3.8, 4) is 0 Å². The molecule has 0 heterocycles. The zero-order chi connectivity index (χ0) is 17.4. The summed E-state index contributed by atoms with van der Waals surface area (Å²) in [5, 5.41) is 14.6. The molecule has 0 fully saturated rings. The van der Waals surface area contributed by atoms with Crippen molar-refractivity contribution in [3.05, 3.63) is 29.8 Å². The Hall–Kier alpha value is -2.08. The number of rotatable bonds is 8. The van der Waals surface area contributed by atoms with Crippen LogP contribution in [0.4, 0.5) is 10.5 Å². The van der Waals surface area contributed by atoms with E-state index < -0.39 is 6.16 Å². The molecule has 1 atom stereocenters. The SMILES string of the molecule is CC(C)CC(NC(C)C)C(=O)Nc1ccc(COC(=O)O)cc1. The molecule has 6 heteroatoms. The number of benzene rings is 1. The van der Waals surface area contributed by atoms with Gasteiger partial charge in [-0.15, -0.1) is 0 Å². The highest BCUT2D eigenvalue weighted by molar-refractivity contribution is 5.94. The molecule has 1 aromatic carbocycles. The molecule has 0 aliphatic heterocycles. The third kappa shape index (κ3) is 7.65. The minimum Gasteiger partial charge on any atom is -0.450 e. The fourth-order valence-electron chi connectivity index (χ4n) is 2.18. The Kier molecular flexibility index (Phi) is 7.54. The predicted octanol–water partition coefficient (Wildman–Crippen LogP) is 3.23. The van der Waals surface area contributed by atoms with E-state index in [0.717, 1.165) is 12.0 Å². The van der Waals surface area contributed by atoms with E-state index in [-0.39, 0.29) is 24.6 Å². The molecule has 0 saturated carbocycles. The van der Waals surface area contributed by atoms with E-state index in [1.165, 1.54) is 0 Å². The highest BCUT2D eigenvalue weighted by Crippen LogP contribution is 2.13. The van der Waals surface area contributed by atoms with Crippen LogP contribution in [0.5, 0.6) is 0 Å². The van der Waals surface area contributed by atoms with E-state index in [4.69, 9.17) is 5.11 Å². The van der Waals surface area contributed by atoms with E-state index in [1.54, 1.807) is 24.3 Å². The van der Waals surface area contributed by atoms with E-state index in [9.17, 15) is 9.59 Å². The van der Waals surface area contributed by atoms with Gasteiger partial charge in [-0.1, -0.05) is 39.8 Å². The Morgan fingerprint density at radius 1 is 1.13 bits per heavy atom. The minimum absolute atomic E-state index is 0.00552. The first kappa shape index (κ1) is 19.0. The molecule has 0 aliphatic carbocycles. The van der Waals surface area contributed by atoms with Gasteiger partial charge in [0.1, 0.15) is 6.61 Å². The second kappa shape index (κ2) is 9.15. The average molecular weight is 322 g/mol. The molecule has 1 unspecified atom stereocenters. The molecule has 0 aromatic heterocycles. The number of ether oxygens (including phenoxy) is 1. The smallest absolute Gasteiger partial charge is 0.450 e. The number of carboxylic acid groups (broad SMARTS) is 1. The van der Waals surface area contributed by atoms with E-state index in [1.807, 2.05) is 13.8 Å². The van der Waals surface area contributed by atoms with Crippen molar-refractivity contribution in [1.82, 2.24) is 5.32 Å². The van der Waals surface area contributed by atoms with Crippen molar-refractivity contribution in [2.45, 2.75) is 52.8 Å². The molecule has 0 bridgehead atoms. The summed E-state index contributed by atoms with van der Waals surface area (Å²) in [4.78, 5) is 22.8. The lowest BCUT2D eigenvalue weighted by molar-refractivity contribution is -0.118. The van der Waals surface area contributed by atoms with E-state index >= 15 is 0 Å². The van der Waals surface area contributed by atoms with Crippen molar-refractivity contribution >= 4 is 17.7 Å². The molecule has 0 saturated heterocycles. The summed E-state index contributed by atoms with van der Waals surface area (Å²) in [6.07, 6.45) is -0.548. The van der Waals surface area contributed by atoms with Crippen LogP contribution in [-0.4, -0.2) is 29.3 Å². The second-order valence-electron chi connectivity index (χ2n) is 6.24. The van der Waals surface area contributed by atoms with Gasteiger partial charge in [-0.25, -0.2) is 4.79 Å².